The highest BCUT2D eigenvalue weighted by atomic mass is 16.5. The van der Waals surface area contributed by atoms with E-state index in [1.165, 1.54) is 5.69 Å². The summed E-state index contributed by atoms with van der Waals surface area (Å²) < 4.78 is 7.75. The lowest BCUT2D eigenvalue weighted by Gasteiger charge is -2.46. The van der Waals surface area contributed by atoms with Gasteiger partial charge in [-0.05, 0) is 60.8 Å². The summed E-state index contributed by atoms with van der Waals surface area (Å²) in [5.74, 6) is 0.633. The smallest absolute Gasteiger partial charge is 0.253 e. The Labute approximate surface area is 200 Å². The third kappa shape index (κ3) is 3.60. The van der Waals surface area contributed by atoms with E-state index in [-0.39, 0.29) is 18.2 Å². The van der Waals surface area contributed by atoms with E-state index in [1.807, 2.05) is 47.4 Å². The first-order valence-electron chi connectivity index (χ1n) is 11.4. The number of anilines is 1. The van der Waals surface area contributed by atoms with E-state index in [0.29, 0.717) is 29.9 Å². The fourth-order valence-electron chi connectivity index (χ4n) is 5.10. The van der Waals surface area contributed by atoms with Crippen LogP contribution in [0.5, 0.6) is 5.75 Å². The van der Waals surface area contributed by atoms with Crippen molar-refractivity contribution >= 4 is 22.6 Å². The number of nitrogens with one attached hydrogen (secondary N) is 1. The quantitative estimate of drug-likeness (QED) is 0.267. The molecule has 1 fully saturated rings. The van der Waals surface area contributed by atoms with E-state index in [4.69, 9.17) is 10.3 Å². The number of amides is 1. The summed E-state index contributed by atoms with van der Waals surface area (Å²) >= 11 is 0. The molecule has 1 spiro atoms. The molecule has 0 atom stereocenters. The van der Waals surface area contributed by atoms with Gasteiger partial charge in [0.25, 0.3) is 5.91 Å². The number of benzene rings is 2. The Kier molecular flexibility index (Phi) is 5.00. The van der Waals surface area contributed by atoms with Crippen LogP contribution >= 0.6 is 0 Å². The predicted octanol–water partition coefficient (Wildman–Crippen LogP) is 4.62. The van der Waals surface area contributed by atoms with E-state index in [9.17, 15) is 4.79 Å². The summed E-state index contributed by atoms with van der Waals surface area (Å²) in [5, 5.41) is 7.19. The second kappa shape index (κ2) is 8.34. The molecule has 4 heterocycles. The molecular weight excluding hydrogens is 444 g/mol. The van der Waals surface area contributed by atoms with Crippen LogP contribution in [0, 0.1) is 0 Å². The Balaban J connectivity index is 1.24. The van der Waals surface area contributed by atoms with E-state index < -0.39 is 0 Å². The van der Waals surface area contributed by atoms with Crippen molar-refractivity contribution in [2.75, 3.05) is 25.1 Å². The lowest BCUT2D eigenvalue weighted by atomic mass is 9.82. The Morgan fingerprint density at radius 3 is 2.77 bits per heavy atom. The van der Waals surface area contributed by atoms with Gasteiger partial charge in [-0.25, -0.2) is 0 Å². The molecule has 1 saturated heterocycles. The highest BCUT2D eigenvalue weighted by molar-refractivity contribution is 5.97. The number of piperidine rings is 1. The van der Waals surface area contributed by atoms with Crippen LogP contribution < -0.4 is 10.1 Å². The Bertz CT molecular complexity index is 1480. The molecule has 10 nitrogen and oxygen atoms in total. The largest absolute Gasteiger partial charge is 0.487 e. The van der Waals surface area contributed by atoms with Crippen LogP contribution in [-0.2, 0) is 5.54 Å². The van der Waals surface area contributed by atoms with Gasteiger partial charge in [-0.1, -0.05) is 5.11 Å². The number of aromatic nitrogens is 3. The van der Waals surface area contributed by atoms with Crippen molar-refractivity contribution < 1.29 is 9.53 Å². The summed E-state index contributed by atoms with van der Waals surface area (Å²) in [5.41, 5.74) is 13.5. The zero-order valence-electron chi connectivity index (χ0n) is 18.8. The molecule has 174 valence electrons. The van der Waals surface area contributed by atoms with E-state index >= 15 is 0 Å². The number of hydrogen-bond acceptors (Lipinski definition) is 6. The third-order valence-corrected chi connectivity index (χ3v) is 6.81. The lowest BCUT2D eigenvalue weighted by molar-refractivity contribution is 0.0676. The van der Waals surface area contributed by atoms with Gasteiger partial charge < -0.3 is 19.5 Å². The number of hydrogen-bond donors (Lipinski definition) is 1. The second-order valence-electron chi connectivity index (χ2n) is 8.71. The van der Waals surface area contributed by atoms with Gasteiger partial charge >= 0.3 is 0 Å². The Hall–Kier alpha value is -4.56. The molecule has 0 unspecified atom stereocenters. The molecule has 2 aromatic heterocycles. The van der Waals surface area contributed by atoms with Crippen LogP contribution in [0.1, 0.15) is 28.9 Å². The highest BCUT2D eigenvalue weighted by Gasteiger charge is 2.42. The fourth-order valence-corrected chi connectivity index (χ4v) is 5.10. The zero-order chi connectivity index (χ0) is 23.8. The standard InChI is InChI=1S/C25H22N8O2/c26-31-29-16-35-18-4-6-22-21(15-18)30-25(23-2-1-11-33(22)23)7-12-32(13-8-25)24(34)17-3-5-19-20(14-17)28-10-9-27-19/h1-6,9-11,14-15,30H,7-8,12-13,16H2. The first-order chi connectivity index (χ1) is 17.2. The molecule has 0 aliphatic carbocycles. The first kappa shape index (κ1) is 21.0. The maximum absolute atomic E-state index is 13.3. The topological polar surface area (TPSA) is 121 Å². The van der Waals surface area contributed by atoms with Crippen molar-refractivity contribution in [2.24, 2.45) is 5.11 Å². The normalized spacial score (nSPS) is 15.6. The lowest BCUT2D eigenvalue weighted by Crippen LogP contribution is -2.51. The van der Waals surface area contributed by atoms with Crippen molar-refractivity contribution in [3.05, 3.63) is 88.8 Å². The van der Waals surface area contributed by atoms with Crippen molar-refractivity contribution in [2.45, 2.75) is 18.4 Å². The van der Waals surface area contributed by atoms with Crippen LogP contribution in [0.15, 0.2) is 72.2 Å². The summed E-state index contributed by atoms with van der Waals surface area (Å²) in [6, 6.07) is 15.5. The van der Waals surface area contributed by atoms with E-state index in [2.05, 4.69) is 42.1 Å². The molecule has 0 saturated carbocycles. The van der Waals surface area contributed by atoms with Crippen LogP contribution in [-0.4, -0.2) is 45.2 Å². The monoisotopic (exact) mass is 466 g/mol. The Morgan fingerprint density at radius 2 is 1.94 bits per heavy atom. The molecule has 35 heavy (non-hydrogen) atoms. The van der Waals surface area contributed by atoms with Crippen molar-refractivity contribution in [1.82, 2.24) is 19.4 Å². The summed E-state index contributed by atoms with van der Waals surface area (Å²) in [4.78, 5) is 26.5. The number of carbonyl (C=O) groups is 1. The summed E-state index contributed by atoms with van der Waals surface area (Å²) in [6.45, 7) is 1.18. The minimum absolute atomic E-state index is 0.00716. The number of likely N-dealkylation sites (tertiary alicyclic amines) is 1. The SMILES string of the molecule is [N-]=[N+]=NCOc1ccc2c(c1)NC1(CCN(C(=O)c3ccc4nccnc4c3)CC1)c1cccn1-2. The number of rotatable bonds is 4. The molecule has 1 amide bonds. The average Bonchev–Trinajstić information content (AvgIpc) is 3.40. The van der Waals surface area contributed by atoms with Crippen LogP contribution in [0.4, 0.5) is 5.69 Å². The second-order valence-corrected chi connectivity index (χ2v) is 8.71. The first-order valence-corrected chi connectivity index (χ1v) is 11.4. The van der Waals surface area contributed by atoms with Crippen LogP contribution in [0.2, 0.25) is 0 Å². The number of fused-ring (bicyclic) bond motifs is 5. The van der Waals surface area contributed by atoms with E-state index in [0.717, 1.165) is 29.7 Å². The van der Waals surface area contributed by atoms with Gasteiger partial charge in [0, 0.05) is 53.9 Å². The predicted molar refractivity (Wildman–Crippen MR) is 130 cm³/mol. The van der Waals surface area contributed by atoms with Crippen molar-refractivity contribution in [3.63, 3.8) is 0 Å². The minimum atomic E-state index is -0.300. The van der Waals surface area contributed by atoms with Gasteiger partial charge in [0.15, 0.2) is 6.73 Å². The Morgan fingerprint density at radius 1 is 1.11 bits per heavy atom. The number of carbonyl (C=O) groups excluding carboxylic acids is 1. The van der Waals surface area contributed by atoms with Gasteiger partial charge in [0.1, 0.15) is 5.75 Å². The van der Waals surface area contributed by atoms with Crippen LogP contribution in [0.3, 0.4) is 0 Å². The van der Waals surface area contributed by atoms with E-state index in [1.54, 1.807) is 12.4 Å². The molecule has 0 radical (unpaired) electrons. The van der Waals surface area contributed by atoms with Crippen LogP contribution in [0.25, 0.3) is 27.2 Å². The van der Waals surface area contributed by atoms with Crippen molar-refractivity contribution in [3.8, 4) is 11.4 Å². The minimum Gasteiger partial charge on any atom is -0.487 e. The zero-order valence-corrected chi connectivity index (χ0v) is 18.8. The van der Waals surface area contributed by atoms with Crippen molar-refractivity contribution in [1.29, 1.82) is 0 Å². The fraction of sp³-hybridized carbons (Fsp3) is 0.240. The van der Waals surface area contributed by atoms with Gasteiger partial charge in [-0.2, -0.15) is 0 Å². The number of nitrogens with zero attached hydrogens (tertiary/aromatic N) is 7. The molecule has 2 aliphatic heterocycles. The van der Waals surface area contributed by atoms with Gasteiger partial charge in [-0.15, -0.1) is 0 Å². The molecule has 10 heteroatoms. The summed E-state index contributed by atoms with van der Waals surface area (Å²) in [6.07, 6.45) is 6.87. The number of ether oxygens (including phenoxy) is 1. The average molecular weight is 467 g/mol. The van der Waals surface area contributed by atoms with Gasteiger partial charge in [0.05, 0.1) is 27.9 Å². The maximum atomic E-state index is 13.3. The molecule has 2 aromatic carbocycles. The van der Waals surface area contributed by atoms with Gasteiger partial charge in [-0.3, -0.25) is 14.8 Å². The maximum Gasteiger partial charge on any atom is 0.253 e. The number of azide groups is 1. The highest BCUT2D eigenvalue weighted by Crippen LogP contribution is 2.44. The molecule has 0 bridgehead atoms. The third-order valence-electron chi connectivity index (χ3n) is 6.81. The van der Waals surface area contributed by atoms with Gasteiger partial charge in [0.2, 0.25) is 0 Å². The molecule has 1 N–H and O–H groups in total. The molecular formula is C25H22N8O2. The molecule has 6 rings (SSSR count). The molecule has 4 aromatic rings. The summed E-state index contributed by atoms with van der Waals surface area (Å²) in [7, 11) is 0. The molecule has 2 aliphatic rings.